The second-order valence-corrected chi connectivity index (χ2v) is 4.69. The summed E-state index contributed by atoms with van der Waals surface area (Å²) < 4.78 is 7.54. The minimum atomic E-state index is -0.0964. The van der Waals surface area contributed by atoms with Crippen LogP contribution in [0, 0.1) is 0 Å². The first-order valence-electron chi connectivity index (χ1n) is 6.50. The van der Waals surface area contributed by atoms with Crippen LogP contribution in [0.15, 0.2) is 30.6 Å². The molecule has 0 bridgehead atoms. The van der Waals surface area contributed by atoms with Gasteiger partial charge < -0.3 is 9.30 Å². The third-order valence-electron chi connectivity index (χ3n) is 3.59. The molecule has 1 unspecified atom stereocenters. The second kappa shape index (κ2) is 5.13. The van der Waals surface area contributed by atoms with Crippen LogP contribution in [0.2, 0.25) is 0 Å². The monoisotopic (exact) mass is 258 g/mol. The second-order valence-electron chi connectivity index (χ2n) is 4.69. The predicted octanol–water partition coefficient (Wildman–Crippen LogP) is 1.49. The minimum absolute atomic E-state index is 0.0964. The zero-order valence-corrected chi connectivity index (χ0v) is 11.0. The molecule has 0 amide bonds. The Morgan fingerprint density at radius 2 is 2.26 bits per heavy atom. The number of benzene rings is 1. The van der Waals surface area contributed by atoms with Crippen LogP contribution in [0.3, 0.4) is 0 Å². The first-order chi connectivity index (χ1) is 9.33. The van der Waals surface area contributed by atoms with Gasteiger partial charge in [0.2, 0.25) is 0 Å². The molecule has 1 aliphatic heterocycles. The number of ether oxygens (including phenoxy) is 1. The number of nitrogens with one attached hydrogen (secondary N) is 1. The van der Waals surface area contributed by atoms with Gasteiger partial charge in [-0.2, -0.15) is 0 Å². The smallest absolute Gasteiger partial charge is 0.131 e. The molecule has 2 heterocycles. The van der Waals surface area contributed by atoms with Crippen molar-refractivity contribution in [3.05, 3.63) is 53.1 Å². The van der Waals surface area contributed by atoms with Gasteiger partial charge in [0.1, 0.15) is 11.9 Å². The number of aryl methyl sites for hydroxylation is 1. The number of aromatic nitrogens is 2. The Balaban J connectivity index is 1.98. The molecule has 0 fully saturated rings. The van der Waals surface area contributed by atoms with Crippen LogP contribution in [-0.2, 0) is 24.5 Å². The van der Waals surface area contributed by atoms with E-state index >= 15 is 0 Å². The molecule has 0 spiro atoms. The fourth-order valence-electron chi connectivity index (χ4n) is 2.54. The van der Waals surface area contributed by atoms with Gasteiger partial charge in [-0.3, -0.25) is 5.84 Å². The van der Waals surface area contributed by atoms with Gasteiger partial charge >= 0.3 is 0 Å². The third kappa shape index (κ3) is 2.16. The highest BCUT2D eigenvalue weighted by molar-refractivity contribution is 5.36. The van der Waals surface area contributed by atoms with Gasteiger partial charge in [-0.05, 0) is 23.6 Å². The van der Waals surface area contributed by atoms with Crippen molar-refractivity contribution in [2.75, 3.05) is 0 Å². The lowest BCUT2D eigenvalue weighted by molar-refractivity contribution is 0.134. The van der Waals surface area contributed by atoms with Crippen molar-refractivity contribution in [2.24, 2.45) is 5.84 Å². The quantitative estimate of drug-likeness (QED) is 0.644. The SMILES string of the molecule is CCn1ccnc1C(NN)c1ccc2c(c1)COC2. The van der Waals surface area contributed by atoms with E-state index in [1.165, 1.54) is 11.1 Å². The van der Waals surface area contributed by atoms with E-state index in [-0.39, 0.29) is 6.04 Å². The maximum absolute atomic E-state index is 5.73. The van der Waals surface area contributed by atoms with Crippen LogP contribution in [-0.4, -0.2) is 9.55 Å². The van der Waals surface area contributed by atoms with Crippen molar-refractivity contribution in [3.8, 4) is 0 Å². The Labute approximate surface area is 112 Å². The van der Waals surface area contributed by atoms with Crippen molar-refractivity contribution in [2.45, 2.75) is 32.7 Å². The number of hydrogen-bond donors (Lipinski definition) is 2. The Morgan fingerprint density at radius 1 is 1.42 bits per heavy atom. The Kier molecular flexibility index (Phi) is 3.33. The number of nitrogens with zero attached hydrogens (tertiary/aromatic N) is 2. The molecule has 1 atom stereocenters. The molecule has 0 saturated heterocycles. The highest BCUT2D eigenvalue weighted by Gasteiger charge is 2.20. The lowest BCUT2D eigenvalue weighted by Crippen LogP contribution is -2.31. The van der Waals surface area contributed by atoms with Crippen LogP contribution in [0.5, 0.6) is 0 Å². The summed E-state index contributed by atoms with van der Waals surface area (Å²) in [6.07, 6.45) is 3.77. The Hall–Kier alpha value is -1.69. The van der Waals surface area contributed by atoms with E-state index in [4.69, 9.17) is 10.6 Å². The summed E-state index contributed by atoms with van der Waals surface area (Å²) in [5.74, 6) is 6.66. The van der Waals surface area contributed by atoms with Crippen molar-refractivity contribution in [1.29, 1.82) is 0 Å². The largest absolute Gasteiger partial charge is 0.372 e. The standard InChI is InChI=1S/C14H18N4O/c1-2-18-6-5-16-14(18)13(17-15)10-3-4-11-8-19-9-12(11)7-10/h3-7,13,17H,2,8-9,15H2,1H3. The molecular weight excluding hydrogens is 240 g/mol. The van der Waals surface area contributed by atoms with Gasteiger partial charge in [-0.25, -0.2) is 10.4 Å². The summed E-state index contributed by atoms with van der Waals surface area (Å²) in [5, 5.41) is 0. The number of nitrogens with two attached hydrogens (primary N) is 1. The fourth-order valence-corrected chi connectivity index (χ4v) is 2.54. The molecule has 1 aromatic carbocycles. The van der Waals surface area contributed by atoms with E-state index in [0.29, 0.717) is 13.2 Å². The average molecular weight is 258 g/mol. The van der Waals surface area contributed by atoms with Crippen LogP contribution in [0.1, 0.15) is 35.5 Å². The van der Waals surface area contributed by atoms with Gasteiger partial charge in [0.05, 0.1) is 13.2 Å². The molecular formula is C14H18N4O. The number of rotatable bonds is 4. The average Bonchev–Trinajstić information content (AvgIpc) is 3.07. The summed E-state index contributed by atoms with van der Waals surface area (Å²) in [4.78, 5) is 4.42. The van der Waals surface area contributed by atoms with Crippen LogP contribution in [0.4, 0.5) is 0 Å². The molecule has 100 valence electrons. The number of fused-ring (bicyclic) bond motifs is 1. The maximum Gasteiger partial charge on any atom is 0.131 e. The van der Waals surface area contributed by atoms with E-state index in [1.54, 1.807) is 6.20 Å². The Bertz CT molecular complexity index is 579. The third-order valence-corrected chi connectivity index (χ3v) is 3.59. The lowest BCUT2D eigenvalue weighted by atomic mass is 10.0. The fraction of sp³-hybridized carbons (Fsp3) is 0.357. The number of hydrazine groups is 1. The summed E-state index contributed by atoms with van der Waals surface area (Å²) in [5.41, 5.74) is 6.49. The normalized spacial score (nSPS) is 15.5. The molecule has 0 radical (unpaired) electrons. The molecule has 1 aliphatic rings. The molecule has 19 heavy (non-hydrogen) atoms. The molecule has 0 aliphatic carbocycles. The van der Waals surface area contributed by atoms with Crippen LogP contribution < -0.4 is 11.3 Å². The van der Waals surface area contributed by atoms with Crippen molar-refractivity contribution >= 4 is 0 Å². The minimum Gasteiger partial charge on any atom is -0.372 e. The highest BCUT2D eigenvalue weighted by atomic mass is 16.5. The molecule has 5 nitrogen and oxygen atoms in total. The van der Waals surface area contributed by atoms with Gasteiger partial charge in [-0.1, -0.05) is 18.2 Å². The molecule has 5 heteroatoms. The van der Waals surface area contributed by atoms with Gasteiger partial charge in [0.25, 0.3) is 0 Å². The summed E-state index contributed by atoms with van der Waals surface area (Å²) in [6, 6.07) is 6.26. The molecule has 2 aromatic rings. The molecule has 0 saturated carbocycles. The van der Waals surface area contributed by atoms with E-state index in [9.17, 15) is 0 Å². The summed E-state index contributed by atoms with van der Waals surface area (Å²) in [6.45, 7) is 4.36. The number of imidazole rings is 1. The van der Waals surface area contributed by atoms with Gasteiger partial charge in [-0.15, -0.1) is 0 Å². The van der Waals surface area contributed by atoms with Crippen LogP contribution in [0.25, 0.3) is 0 Å². The van der Waals surface area contributed by atoms with Crippen molar-refractivity contribution < 1.29 is 4.74 Å². The van der Waals surface area contributed by atoms with Gasteiger partial charge in [0.15, 0.2) is 0 Å². The van der Waals surface area contributed by atoms with E-state index in [1.807, 2.05) is 6.20 Å². The lowest BCUT2D eigenvalue weighted by Gasteiger charge is -2.18. The first kappa shape index (κ1) is 12.3. The summed E-state index contributed by atoms with van der Waals surface area (Å²) in [7, 11) is 0. The zero-order valence-electron chi connectivity index (χ0n) is 11.0. The maximum atomic E-state index is 5.73. The van der Waals surface area contributed by atoms with Crippen molar-refractivity contribution in [1.82, 2.24) is 15.0 Å². The zero-order chi connectivity index (χ0) is 13.2. The molecule has 3 N–H and O–H groups in total. The van der Waals surface area contributed by atoms with E-state index in [0.717, 1.165) is 17.9 Å². The topological polar surface area (TPSA) is 65.1 Å². The predicted molar refractivity (Wildman–Crippen MR) is 72.0 cm³/mol. The summed E-state index contributed by atoms with van der Waals surface area (Å²) >= 11 is 0. The highest BCUT2D eigenvalue weighted by Crippen LogP contribution is 2.26. The van der Waals surface area contributed by atoms with E-state index in [2.05, 4.69) is 40.1 Å². The van der Waals surface area contributed by atoms with Crippen molar-refractivity contribution in [3.63, 3.8) is 0 Å². The molecule has 1 aromatic heterocycles. The first-order valence-corrected chi connectivity index (χ1v) is 6.50. The number of hydrogen-bond acceptors (Lipinski definition) is 4. The van der Waals surface area contributed by atoms with Crippen LogP contribution >= 0.6 is 0 Å². The Morgan fingerprint density at radius 3 is 3.05 bits per heavy atom. The molecule has 3 rings (SSSR count). The van der Waals surface area contributed by atoms with Gasteiger partial charge in [0, 0.05) is 18.9 Å². The van der Waals surface area contributed by atoms with E-state index < -0.39 is 0 Å².